The van der Waals surface area contributed by atoms with Crippen LogP contribution in [0.2, 0.25) is 0 Å². The van der Waals surface area contributed by atoms with Crippen molar-refractivity contribution in [1.82, 2.24) is 5.32 Å². The Morgan fingerprint density at radius 1 is 1.04 bits per heavy atom. The van der Waals surface area contributed by atoms with E-state index in [-0.39, 0.29) is 11.3 Å². The van der Waals surface area contributed by atoms with E-state index in [1.54, 1.807) is 24.3 Å². The molecule has 4 nitrogen and oxygen atoms in total. The molecular formula is C18H14FNO3. The van der Waals surface area contributed by atoms with Gasteiger partial charge in [0, 0.05) is 5.56 Å². The zero-order valence-corrected chi connectivity index (χ0v) is 12.3. The number of benzene rings is 2. The topological polar surface area (TPSA) is 66.4 Å². The Labute approximate surface area is 132 Å². The number of aliphatic hydroxyl groups excluding tert-OH is 1. The number of amides is 1. The van der Waals surface area contributed by atoms with E-state index in [1.165, 1.54) is 24.3 Å². The number of aryl methyl sites for hydroxylation is 1. The molecular weight excluding hydrogens is 297 g/mol. The van der Waals surface area contributed by atoms with E-state index in [0.29, 0.717) is 11.1 Å². The van der Waals surface area contributed by atoms with Crippen molar-refractivity contribution in [3.05, 3.63) is 76.6 Å². The highest BCUT2D eigenvalue weighted by atomic mass is 19.1. The predicted molar refractivity (Wildman–Crippen MR) is 83.0 cm³/mol. The second kappa shape index (κ2) is 5.68. The van der Waals surface area contributed by atoms with Crippen molar-refractivity contribution in [1.29, 1.82) is 0 Å². The third kappa shape index (κ3) is 2.73. The maximum atomic E-state index is 13.1. The summed E-state index contributed by atoms with van der Waals surface area (Å²) < 4.78 is 13.1. The molecule has 3 rings (SSSR count). The first-order valence-electron chi connectivity index (χ1n) is 7.08. The lowest BCUT2D eigenvalue weighted by Crippen LogP contribution is -2.21. The fourth-order valence-corrected chi connectivity index (χ4v) is 2.54. The van der Waals surface area contributed by atoms with Crippen LogP contribution in [0.15, 0.2) is 54.1 Å². The minimum atomic E-state index is -0.795. The van der Waals surface area contributed by atoms with Crippen LogP contribution in [-0.2, 0) is 9.59 Å². The van der Waals surface area contributed by atoms with Gasteiger partial charge in [-0.3, -0.25) is 9.59 Å². The molecule has 2 N–H and O–H groups in total. The number of hydrogen-bond acceptors (Lipinski definition) is 3. The van der Waals surface area contributed by atoms with Crippen LogP contribution in [-0.4, -0.2) is 16.8 Å². The standard InChI is InChI=1S/C18H14FNO3/c1-10-2-4-12(5-3-10)16(21)14-15(20-18(23)17(14)22)11-6-8-13(19)9-7-11/h2-9,15,21H,1H3,(H,20,23)/t15-/m1/s1. The van der Waals surface area contributed by atoms with Gasteiger partial charge in [0.1, 0.15) is 11.6 Å². The molecule has 0 radical (unpaired) electrons. The predicted octanol–water partition coefficient (Wildman–Crippen LogP) is 2.84. The number of rotatable bonds is 2. The van der Waals surface area contributed by atoms with E-state index in [2.05, 4.69) is 5.32 Å². The van der Waals surface area contributed by atoms with Crippen LogP contribution in [0.4, 0.5) is 4.39 Å². The molecule has 1 aliphatic heterocycles. The van der Waals surface area contributed by atoms with E-state index in [0.717, 1.165) is 5.56 Å². The number of hydrogen-bond donors (Lipinski definition) is 2. The van der Waals surface area contributed by atoms with Gasteiger partial charge in [0.25, 0.3) is 11.7 Å². The average molecular weight is 311 g/mol. The molecule has 1 heterocycles. The summed E-state index contributed by atoms with van der Waals surface area (Å²) in [7, 11) is 0. The molecule has 0 aliphatic carbocycles. The van der Waals surface area contributed by atoms with Gasteiger partial charge in [-0.1, -0.05) is 42.0 Å². The Kier molecular flexibility index (Phi) is 3.70. The van der Waals surface area contributed by atoms with Crippen molar-refractivity contribution in [3.63, 3.8) is 0 Å². The van der Waals surface area contributed by atoms with Crippen LogP contribution < -0.4 is 5.32 Å². The van der Waals surface area contributed by atoms with Gasteiger partial charge in [0.15, 0.2) is 0 Å². The molecule has 1 atom stereocenters. The molecule has 5 heteroatoms. The maximum absolute atomic E-state index is 13.1. The normalized spacial score (nSPS) is 19.7. The number of carbonyl (C=O) groups excluding carboxylic acids is 2. The van der Waals surface area contributed by atoms with Crippen molar-refractivity contribution in [2.45, 2.75) is 13.0 Å². The lowest BCUT2D eigenvalue weighted by molar-refractivity contribution is -0.133. The van der Waals surface area contributed by atoms with Gasteiger partial charge in [-0.2, -0.15) is 0 Å². The fourth-order valence-electron chi connectivity index (χ4n) is 2.54. The molecule has 1 fully saturated rings. The Balaban J connectivity index is 2.10. The lowest BCUT2D eigenvalue weighted by atomic mass is 9.95. The number of Topliss-reactive ketones (excluding diaryl/α,β-unsaturated/α-hetero) is 1. The summed E-state index contributed by atoms with van der Waals surface area (Å²) in [5.41, 5.74) is 1.96. The van der Waals surface area contributed by atoms with Crippen LogP contribution in [0.5, 0.6) is 0 Å². The van der Waals surface area contributed by atoms with Crippen molar-refractivity contribution in [2.75, 3.05) is 0 Å². The highest BCUT2D eigenvalue weighted by Crippen LogP contribution is 2.32. The van der Waals surface area contributed by atoms with Gasteiger partial charge >= 0.3 is 0 Å². The average Bonchev–Trinajstić information content (AvgIpc) is 2.84. The van der Waals surface area contributed by atoms with Crippen molar-refractivity contribution >= 4 is 17.4 Å². The molecule has 1 amide bonds. The molecule has 0 spiro atoms. The maximum Gasteiger partial charge on any atom is 0.293 e. The van der Waals surface area contributed by atoms with Gasteiger partial charge < -0.3 is 10.4 Å². The van der Waals surface area contributed by atoms with Gasteiger partial charge in [0.2, 0.25) is 0 Å². The summed E-state index contributed by atoms with van der Waals surface area (Å²) in [5.74, 6) is -2.23. The summed E-state index contributed by atoms with van der Waals surface area (Å²) in [6.45, 7) is 1.90. The van der Waals surface area contributed by atoms with E-state index in [4.69, 9.17) is 0 Å². The number of halogens is 1. The van der Waals surface area contributed by atoms with Crippen molar-refractivity contribution in [2.24, 2.45) is 0 Å². The molecule has 0 bridgehead atoms. The summed E-state index contributed by atoms with van der Waals surface area (Å²) in [6.07, 6.45) is 0. The van der Waals surface area contributed by atoms with E-state index < -0.39 is 23.5 Å². The Morgan fingerprint density at radius 2 is 1.65 bits per heavy atom. The SMILES string of the molecule is Cc1ccc(C(O)=C2C(=O)C(=O)N[C@@H]2c2ccc(F)cc2)cc1. The minimum absolute atomic E-state index is 0.0227. The Hall–Kier alpha value is -2.95. The molecule has 116 valence electrons. The zero-order chi connectivity index (χ0) is 16.6. The highest BCUT2D eigenvalue weighted by molar-refractivity contribution is 6.46. The van der Waals surface area contributed by atoms with Gasteiger partial charge in [0.05, 0.1) is 11.6 Å². The molecule has 1 saturated heterocycles. The Morgan fingerprint density at radius 3 is 2.26 bits per heavy atom. The van der Waals surface area contributed by atoms with Gasteiger partial charge in [-0.25, -0.2) is 4.39 Å². The number of carbonyl (C=O) groups is 2. The molecule has 2 aromatic rings. The van der Waals surface area contributed by atoms with Crippen LogP contribution in [0, 0.1) is 12.7 Å². The van der Waals surface area contributed by atoms with E-state index in [1.807, 2.05) is 6.92 Å². The summed E-state index contributed by atoms with van der Waals surface area (Å²) >= 11 is 0. The zero-order valence-electron chi connectivity index (χ0n) is 12.3. The summed E-state index contributed by atoms with van der Waals surface area (Å²) in [6, 6.07) is 11.6. The first-order valence-corrected chi connectivity index (χ1v) is 7.08. The molecule has 1 aliphatic rings. The Bertz CT molecular complexity index is 807. The van der Waals surface area contributed by atoms with Gasteiger partial charge in [-0.05, 0) is 24.6 Å². The third-order valence-corrected chi connectivity index (χ3v) is 3.80. The molecule has 0 saturated carbocycles. The van der Waals surface area contributed by atoms with Crippen molar-refractivity contribution < 1.29 is 19.1 Å². The molecule has 0 aromatic heterocycles. The summed E-state index contributed by atoms with van der Waals surface area (Å²) in [5, 5.41) is 13.0. The first-order chi connectivity index (χ1) is 11.0. The smallest absolute Gasteiger partial charge is 0.293 e. The first kappa shape index (κ1) is 15.0. The largest absolute Gasteiger partial charge is 0.507 e. The monoisotopic (exact) mass is 311 g/mol. The van der Waals surface area contributed by atoms with E-state index >= 15 is 0 Å². The number of aliphatic hydroxyl groups is 1. The summed E-state index contributed by atoms with van der Waals surface area (Å²) in [4.78, 5) is 23.9. The molecule has 23 heavy (non-hydrogen) atoms. The molecule has 0 unspecified atom stereocenters. The number of ketones is 1. The second-order valence-electron chi connectivity index (χ2n) is 5.42. The van der Waals surface area contributed by atoms with Crippen molar-refractivity contribution in [3.8, 4) is 0 Å². The highest BCUT2D eigenvalue weighted by Gasteiger charge is 2.39. The number of nitrogens with one attached hydrogen (secondary N) is 1. The van der Waals surface area contributed by atoms with Crippen LogP contribution in [0.3, 0.4) is 0 Å². The third-order valence-electron chi connectivity index (χ3n) is 3.80. The second-order valence-corrected chi connectivity index (χ2v) is 5.42. The van der Waals surface area contributed by atoms with Crippen LogP contribution in [0.25, 0.3) is 5.76 Å². The minimum Gasteiger partial charge on any atom is -0.507 e. The van der Waals surface area contributed by atoms with Crippen LogP contribution >= 0.6 is 0 Å². The van der Waals surface area contributed by atoms with Gasteiger partial charge in [-0.15, -0.1) is 0 Å². The fraction of sp³-hybridized carbons (Fsp3) is 0.111. The molecule has 2 aromatic carbocycles. The van der Waals surface area contributed by atoms with Crippen LogP contribution in [0.1, 0.15) is 22.7 Å². The quantitative estimate of drug-likeness (QED) is 0.509. The van der Waals surface area contributed by atoms with E-state index in [9.17, 15) is 19.1 Å². The lowest BCUT2D eigenvalue weighted by Gasteiger charge is -2.13.